The number of benzene rings is 8. The van der Waals surface area contributed by atoms with Crippen molar-refractivity contribution in [3.8, 4) is 62.1 Å². The lowest BCUT2D eigenvalue weighted by atomic mass is 9.96. The average molecular weight is 717 g/mol. The van der Waals surface area contributed by atoms with Gasteiger partial charge < -0.3 is 8.98 Å². The Morgan fingerprint density at radius 1 is 0.357 bits per heavy atom. The second-order valence-corrected chi connectivity index (χ2v) is 14.0. The summed E-state index contributed by atoms with van der Waals surface area (Å²) < 4.78 is 9.43. The highest BCUT2D eigenvalue weighted by molar-refractivity contribution is 6.20. The number of furan rings is 1. The van der Waals surface area contributed by atoms with Crippen LogP contribution in [0.5, 0.6) is 0 Å². The van der Waals surface area contributed by atoms with E-state index in [-0.39, 0.29) is 0 Å². The van der Waals surface area contributed by atoms with E-state index < -0.39 is 0 Å². The monoisotopic (exact) mass is 716 g/mol. The quantitative estimate of drug-likeness (QED) is 0.172. The number of hydrogen-bond acceptors (Lipinski definition) is 4. The molecule has 0 aliphatic rings. The minimum Gasteiger partial charge on any atom is -0.455 e. The normalized spacial score (nSPS) is 11.6. The van der Waals surface area contributed by atoms with Crippen LogP contribution in [0.4, 0.5) is 0 Å². The Labute approximate surface area is 322 Å². The van der Waals surface area contributed by atoms with Gasteiger partial charge in [-0.05, 0) is 53.1 Å². The molecular formula is C51H32N4O. The molecule has 0 atom stereocenters. The van der Waals surface area contributed by atoms with Gasteiger partial charge in [-0.25, -0.2) is 15.0 Å². The largest absolute Gasteiger partial charge is 0.455 e. The van der Waals surface area contributed by atoms with E-state index in [1.54, 1.807) is 0 Å². The van der Waals surface area contributed by atoms with E-state index in [2.05, 4.69) is 126 Å². The lowest BCUT2D eigenvalue weighted by molar-refractivity contribution is 0.670. The van der Waals surface area contributed by atoms with Gasteiger partial charge in [0.2, 0.25) is 0 Å². The summed E-state index contributed by atoms with van der Waals surface area (Å²) in [6, 6.07) is 67.3. The Kier molecular flexibility index (Phi) is 7.42. The SMILES string of the molecule is c1ccc(-c2cccc(-c3ccc(-n4c5ccccc5c5ccccc54)c4c3oc3cccc(-c5nc(-c6ccccc6)nc(-c6ccccc6)n5)c34)c2)cc1. The average Bonchev–Trinajstić information content (AvgIpc) is 3.84. The van der Waals surface area contributed by atoms with Gasteiger partial charge >= 0.3 is 0 Å². The molecule has 262 valence electrons. The lowest BCUT2D eigenvalue weighted by Gasteiger charge is -2.14. The van der Waals surface area contributed by atoms with Crippen LogP contribution in [0, 0.1) is 0 Å². The van der Waals surface area contributed by atoms with Crippen molar-refractivity contribution in [3.63, 3.8) is 0 Å². The first-order valence-electron chi connectivity index (χ1n) is 18.8. The first kappa shape index (κ1) is 31.9. The van der Waals surface area contributed by atoms with Crippen LogP contribution >= 0.6 is 0 Å². The Bertz CT molecular complexity index is 3130. The zero-order chi connectivity index (χ0) is 37.0. The number of nitrogens with zero attached hydrogens (tertiary/aromatic N) is 4. The van der Waals surface area contributed by atoms with Crippen LogP contribution in [-0.4, -0.2) is 19.5 Å². The highest BCUT2D eigenvalue weighted by atomic mass is 16.3. The summed E-state index contributed by atoms with van der Waals surface area (Å²) >= 11 is 0. The van der Waals surface area contributed by atoms with Crippen molar-refractivity contribution in [2.75, 3.05) is 0 Å². The summed E-state index contributed by atoms with van der Waals surface area (Å²) in [5.41, 5.74) is 11.9. The van der Waals surface area contributed by atoms with Crippen molar-refractivity contribution >= 4 is 43.7 Å². The first-order valence-corrected chi connectivity index (χ1v) is 18.8. The standard InChI is InChI=1S/C51H32N4O/c1-4-16-33(17-5-1)36-22-14-23-37(32-36)38-30-31-44(55-42-27-12-10-24-39(42)40-25-11-13-28-43(40)55)47-46-41(26-15-29-45(46)56-48(38)47)51-53-49(34-18-6-2-7-19-34)52-50(54-51)35-20-8-3-9-21-35/h1-32H. The maximum absolute atomic E-state index is 7.05. The second kappa shape index (κ2) is 13.0. The predicted octanol–water partition coefficient (Wildman–Crippen LogP) is 13.2. The van der Waals surface area contributed by atoms with Gasteiger partial charge in [0.1, 0.15) is 11.2 Å². The molecule has 0 saturated carbocycles. The lowest BCUT2D eigenvalue weighted by Crippen LogP contribution is -2.00. The number of hydrogen-bond donors (Lipinski definition) is 0. The molecule has 0 spiro atoms. The van der Waals surface area contributed by atoms with Crippen LogP contribution < -0.4 is 0 Å². The third-order valence-corrected chi connectivity index (χ3v) is 10.7. The summed E-state index contributed by atoms with van der Waals surface area (Å²) in [7, 11) is 0. The third kappa shape index (κ3) is 5.21. The zero-order valence-electron chi connectivity index (χ0n) is 30.2. The van der Waals surface area contributed by atoms with Crippen LogP contribution in [0.15, 0.2) is 199 Å². The van der Waals surface area contributed by atoms with E-state index in [1.165, 1.54) is 10.8 Å². The molecule has 3 aromatic heterocycles. The van der Waals surface area contributed by atoms with E-state index in [0.29, 0.717) is 17.5 Å². The Morgan fingerprint density at radius 3 is 1.52 bits per heavy atom. The van der Waals surface area contributed by atoms with Gasteiger partial charge in [0, 0.05) is 38.4 Å². The van der Waals surface area contributed by atoms with Crippen molar-refractivity contribution in [2.24, 2.45) is 0 Å². The highest BCUT2D eigenvalue weighted by Crippen LogP contribution is 2.45. The Hall–Kier alpha value is -7.63. The first-order chi connectivity index (χ1) is 27.8. The maximum Gasteiger partial charge on any atom is 0.164 e. The fourth-order valence-electron chi connectivity index (χ4n) is 8.11. The van der Waals surface area contributed by atoms with Crippen LogP contribution in [0.1, 0.15) is 0 Å². The van der Waals surface area contributed by atoms with Crippen molar-refractivity contribution in [3.05, 3.63) is 194 Å². The van der Waals surface area contributed by atoms with Gasteiger partial charge in [-0.3, -0.25) is 0 Å². The fourth-order valence-corrected chi connectivity index (χ4v) is 8.11. The van der Waals surface area contributed by atoms with Crippen LogP contribution in [0.25, 0.3) is 106 Å². The van der Waals surface area contributed by atoms with Crippen LogP contribution in [-0.2, 0) is 0 Å². The molecule has 0 aliphatic carbocycles. The molecule has 3 heterocycles. The minimum atomic E-state index is 0.579. The van der Waals surface area contributed by atoms with Crippen molar-refractivity contribution in [2.45, 2.75) is 0 Å². The number of fused-ring (bicyclic) bond motifs is 6. The summed E-state index contributed by atoms with van der Waals surface area (Å²) in [4.78, 5) is 15.4. The Morgan fingerprint density at radius 2 is 0.875 bits per heavy atom. The number of rotatable bonds is 6. The Balaban J connectivity index is 1.25. The summed E-state index contributed by atoms with van der Waals surface area (Å²) in [5.74, 6) is 1.80. The molecule has 5 nitrogen and oxygen atoms in total. The van der Waals surface area contributed by atoms with Gasteiger partial charge in [0.25, 0.3) is 0 Å². The molecule has 11 rings (SSSR count). The molecule has 0 amide bonds. The number of para-hydroxylation sites is 2. The molecule has 0 N–H and O–H groups in total. The molecule has 0 unspecified atom stereocenters. The molecule has 11 aromatic rings. The topological polar surface area (TPSA) is 56.7 Å². The summed E-state index contributed by atoms with van der Waals surface area (Å²) in [6.45, 7) is 0. The molecule has 56 heavy (non-hydrogen) atoms. The molecule has 5 heteroatoms. The van der Waals surface area contributed by atoms with E-state index in [4.69, 9.17) is 19.4 Å². The van der Waals surface area contributed by atoms with Gasteiger partial charge in [-0.2, -0.15) is 0 Å². The van der Waals surface area contributed by atoms with Gasteiger partial charge in [0.05, 0.1) is 22.1 Å². The summed E-state index contributed by atoms with van der Waals surface area (Å²) in [5, 5.41) is 4.33. The van der Waals surface area contributed by atoms with Gasteiger partial charge in [0.15, 0.2) is 17.5 Å². The van der Waals surface area contributed by atoms with E-state index >= 15 is 0 Å². The molecule has 0 saturated heterocycles. The third-order valence-electron chi connectivity index (χ3n) is 10.7. The van der Waals surface area contributed by atoms with Gasteiger partial charge in [-0.15, -0.1) is 0 Å². The van der Waals surface area contributed by atoms with Crippen LogP contribution in [0.3, 0.4) is 0 Å². The minimum absolute atomic E-state index is 0.579. The molecule has 0 aliphatic heterocycles. The molecule has 0 bridgehead atoms. The zero-order valence-corrected chi connectivity index (χ0v) is 30.2. The highest BCUT2D eigenvalue weighted by Gasteiger charge is 2.24. The molecular weight excluding hydrogens is 685 g/mol. The molecule has 0 fully saturated rings. The fraction of sp³-hybridized carbons (Fsp3) is 0. The van der Waals surface area contributed by atoms with Crippen molar-refractivity contribution in [1.29, 1.82) is 0 Å². The van der Waals surface area contributed by atoms with Crippen LogP contribution in [0.2, 0.25) is 0 Å². The van der Waals surface area contributed by atoms with Crippen molar-refractivity contribution in [1.82, 2.24) is 19.5 Å². The predicted molar refractivity (Wildman–Crippen MR) is 229 cm³/mol. The smallest absolute Gasteiger partial charge is 0.164 e. The van der Waals surface area contributed by atoms with Gasteiger partial charge in [-0.1, -0.05) is 158 Å². The second-order valence-electron chi connectivity index (χ2n) is 14.0. The van der Waals surface area contributed by atoms with E-state index in [9.17, 15) is 0 Å². The van der Waals surface area contributed by atoms with E-state index in [1.807, 2.05) is 72.8 Å². The van der Waals surface area contributed by atoms with Crippen molar-refractivity contribution < 1.29 is 4.42 Å². The maximum atomic E-state index is 7.05. The summed E-state index contributed by atoms with van der Waals surface area (Å²) in [6.07, 6.45) is 0. The number of aromatic nitrogens is 4. The van der Waals surface area contributed by atoms with E-state index in [0.717, 1.165) is 77.6 Å². The molecule has 0 radical (unpaired) electrons. The molecule has 8 aromatic carbocycles.